The minimum atomic E-state index is -4.25. The van der Waals surface area contributed by atoms with E-state index >= 15 is 0 Å². The number of rotatable bonds is 5. The Morgan fingerprint density at radius 2 is 2.09 bits per heavy atom. The molecule has 1 nitrogen and oxygen atoms in total. The molecule has 0 saturated carbocycles. The third kappa shape index (κ3) is 5.88. The Balaban J connectivity index is 2.03. The largest absolute Gasteiger partial charge is 0.398 e. The first kappa shape index (κ1) is 18.4. The van der Waals surface area contributed by atoms with E-state index in [0.717, 1.165) is 10.9 Å². The Kier molecular flexibility index (Phi) is 6.19. The average Bonchev–Trinajstić information content (AvgIpc) is 2.44. The molecule has 0 radical (unpaired) electrons. The summed E-state index contributed by atoms with van der Waals surface area (Å²) < 4.78 is 52.1. The molecule has 126 valence electrons. The lowest BCUT2D eigenvalue weighted by atomic mass is 10.0. The lowest BCUT2D eigenvalue weighted by Crippen LogP contribution is -2.15. The standard InChI is InChI=1S/C16H16BrF4NS/c1-10-5-13(18)14(7-15(10)23-9-16(19,20)21)22-8-11-3-2-4-12(17)6-11/h2-5,7,11,22H,6,8-9H2,1H3. The third-order valence-electron chi connectivity index (χ3n) is 3.33. The van der Waals surface area contributed by atoms with Crippen LogP contribution in [0.5, 0.6) is 0 Å². The Bertz CT molecular complexity index is 625. The predicted octanol–water partition coefficient (Wildman–Crippen LogP) is 6.06. The van der Waals surface area contributed by atoms with Gasteiger partial charge in [-0.15, -0.1) is 11.8 Å². The van der Waals surface area contributed by atoms with Crippen LogP contribution in [-0.2, 0) is 0 Å². The van der Waals surface area contributed by atoms with E-state index in [1.807, 2.05) is 18.2 Å². The molecule has 1 unspecified atom stereocenters. The first-order valence-electron chi connectivity index (χ1n) is 7.01. The minimum Gasteiger partial charge on any atom is -0.382 e. The topological polar surface area (TPSA) is 12.0 Å². The van der Waals surface area contributed by atoms with Crippen molar-refractivity contribution in [3.63, 3.8) is 0 Å². The number of benzene rings is 1. The fourth-order valence-electron chi connectivity index (χ4n) is 2.19. The van der Waals surface area contributed by atoms with Crippen molar-refractivity contribution in [2.24, 2.45) is 5.92 Å². The van der Waals surface area contributed by atoms with E-state index in [4.69, 9.17) is 0 Å². The first-order chi connectivity index (χ1) is 10.7. The highest BCUT2D eigenvalue weighted by Gasteiger charge is 2.27. The van der Waals surface area contributed by atoms with Crippen LogP contribution in [0.1, 0.15) is 12.0 Å². The highest BCUT2D eigenvalue weighted by atomic mass is 79.9. The summed E-state index contributed by atoms with van der Waals surface area (Å²) in [6, 6.07) is 2.73. The second kappa shape index (κ2) is 7.75. The summed E-state index contributed by atoms with van der Waals surface area (Å²) in [6.07, 6.45) is 2.46. The van der Waals surface area contributed by atoms with Crippen molar-refractivity contribution >= 4 is 33.4 Å². The summed E-state index contributed by atoms with van der Waals surface area (Å²) >= 11 is 4.10. The van der Waals surface area contributed by atoms with Crippen molar-refractivity contribution in [3.8, 4) is 0 Å². The van der Waals surface area contributed by atoms with Crippen LogP contribution in [0.15, 0.2) is 39.7 Å². The molecule has 1 atom stereocenters. The third-order valence-corrected chi connectivity index (χ3v) is 5.14. The maximum atomic E-state index is 14.0. The van der Waals surface area contributed by atoms with Crippen molar-refractivity contribution in [1.29, 1.82) is 0 Å². The van der Waals surface area contributed by atoms with E-state index in [0.29, 0.717) is 28.8 Å². The number of thioether (sulfide) groups is 1. The lowest BCUT2D eigenvalue weighted by Gasteiger charge is -2.18. The highest BCUT2D eigenvalue weighted by Crippen LogP contribution is 2.33. The van der Waals surface area contributed by atoms with E-state index in [-0.39, 0.29) is 11.6 Å². The van der Waals surface area contributed by atoms with Crippen molar-refractivity contribution in [1.82, 2.24) is 0 Å². The van der Waals surface area contributed by atoms with Crippen molar-refractivity contribution in [2.75, 3.05) is 17.6 Å². The van der Waals surface area contributed by atoms with Crippen LogP contribution >= 0.6 is 27.7 Å². The Hall–Kier alpha value is -0.950. The first-order valence-corrected chi connectivity index (χ1v) is 8.79. The molecule has 0 heterocycles. The minimum absolute atomic E-state index is 0.210. The van der Waals surface area contributed by atoms with E-state index in [1.54, 1.807) is 6.92 Å². The molecule has 23 heavy (non-hydrogen) atoms. The number of aryl methyl sites for hydroxylation is 1. The summed E-state index contributed by atoms with van der Waals surface area (Å²) in [6.45, 7) is 2.13. The van der Waals surface area contributed by atoms with E-state index in [2.05, 4.69) is 21.2 Å². The van der Waals surface area contributed by atoms with Crippen molar-refractivity contribution in [3.05, 3.63) is 46.2 Å². The van der Waals surface area contributed by atoms with Gasteiger partial charge in [-0.05, 0) is 41.4 Å². The van der Waals surface area contributed by atoms with Gasteiger partial charge in [0.05, 0.1) is 11.4 Å². The summed E-state index contributed by atoms with van der Waals surface area (Å²) in [5, 5.41) is 3.00. The van der Waals surface area contributed by atoms with Crippen molar-refractivity contribution in [2.45, 2.75) is 24.4 Å². The molecule has 0 aromatic heterocycles. The van der Waals surface area contributed by atoms with Gasteiger partial charge in [-0.25, -0.2) is 4.39 Å². The maximum Gasteiger partial charge on any atom is 0.398 e. The fraction of sp³-hybridized carbons (Fsp3) is 0.375. The van der Waals surface area contributed by atoms with Gasteiger partial charge in [0.25, 0.3) is 0 Å². The van der Waals surface area contributed by atoms with E-state index < -0.39 is 17.7 Å². The van der Waals surface area contributed by atoms with Crippen LogP contribution in [0.4, 0.5) is 23.2 Å². The van der Waals surface area contributed by atoms with Gasteiger partial charge in [-0.3, -0.25) is 0 Å². The molecule has 0 fully saturated rings. The number of anilines is 1. The number of hydrogen-bond donors (Lipinski definition) is 1. The Morgan fingerprint density at radius 3 is 2.74 bits per heavy atom. The lowest BCUT2D eigenvalue weighted by molar-refractivity contribution is -0.105. The molecule has 1 N–H and O–H groups in total. The summed E-state index contributed by atoms with van der Waals surface area (Å²) in [7, 11) is 0. The quantitative estimate of drug-likeness (QED) is 0.468. The van der Waals surface area contributed by atoms with Gasteiger partial charge in [0.2, 0.25) is 0 Å². The van der Waals surface area contributed by atoms with E-state index in [1.165, 1.54) is 12.1 Å². The van der Waals surface area contributed by atoms with Crippen LogP contribution in [0.3, 0.4) is 0 Å². The molecule has 1 aromatic carbocycles. The predicted molar refractivity (Wildman–Crippen MR) is 90.7 cm³/mol. The van der Waals surface area contributed by atoms with Gasteiger partial charge < -0.3 is 5.32 Å². The van der Waals surface area contributed by atoms with E-state index in [9.17, 15) is 17.6 Å². The molecule has 2 rings (SSSR count). The molecule has 0 saturated heterocycles. The fourth-order valence-corrected chi connectivity index (χ4v) is 3.56. The molecule has 1 aliphatic rings. The van der Waals surface area contributed by atoms with Gasteiger partial charge in [0, 0.05) is 11.4 Å². The molecular weight excluding hydrogens is 394 g/mol. The van der Waals surface area contributed by atoms with Crippen LogP contribution in [0.25, 0.3) is 0 Å². The molecule has 0 bridgehead atoms. The molecule has 1 aliphatic carbocycles. The number of allylic oxidation sites excluding steroid dienone is 3. The molecule has 1 aromatic rings. The summed E-state index contributed by atoms with van der Waals surface area (Å²) in [5.41, 5.74) is 0.741. The summed E-state index contributed by atoms with van der Waals surface area (Å²) in [4.78, 5) is 0.437. The summed E-state index contributed by atoms with van der Waals surface area (Å²) in [5.74, 6) is -1.23. The van der Waals surface area contributed by atoms with Crippen LogP contribution in [-0.4, -0.2) is 18.5 Å². The van der Waals surface area contributed by atoms with Gasteiger partial charge in [-0.2, -0.15) is 13.2 Å². The maximum absolute atomic E-state index is 14.0. The average molecular weight is 410 g/mol. The number of nitrogens with one attached hydrogen (secondary N) is 1. The normalized spacial score (nSPS) is 18.0. The van der Waals surface area contributed by atoms with Crippen LogP contribution < -0.4 is 5.32 Å². The van der Waals surface area contributed by atoms with Crippen LogP contribution in [0, 0.1) is 18.7 Å². The molecule has 0 amide bonds. The smallest absolute Gasteiger partial charge is 0.382 e. The van der Waals surface area contributed by atoms with Crippen molar-refractivity contribution < 1.29 is 17.6 Å². The molecule has 0 spiro atoms. The SMILES string of the molecule is Cc1cc(F)c(NCC2C=CC=C(Br)C2)cc1SCC(F)(F)F. The zero-order valence-electron chi connectivity index (χ0n) is 12.4. The van der Waals surface area contributed by atoms with Crippen LogP contribution in [0.2, 0.25) is 0 Å². The highest BCUT2D eigenvalue weighted by molar-refractivity contribution is 9.11. The van der Waals surface area contributed by atoms with Gasteiger partial charge in [0.15, 0.2) is 0 Å². The second-order valence-electron chi connectivity index (χ2n) is 5.34. The Morgan fingerprint density at radius 1 is 1.35 bits per heavy atom. The number of hydrogen-bond acceptors (Lipinski definition) is 2. The second-order valence-corrected chi connectivity index (χ2v) is 7.38. The van der Waals surface area contributed by atoms with Gasteiger partial charge >= 0.3 is 6.18 Å². The zero-order chi connectivity index (χ0) is 17.0. The van der Waals surface area contributed by atoms with Gasteiger partial charge in [-0.1, -0.05) is 34.2 Å². The number of halogens is 5. The molecular formula is C16H16BrF4NS. The van der Waals surface area contributed by atoms with Gasteiger partial charge in [0.1, 0.15) is 5.82 Å². The number of alkyl halides is 3. The zero-order valence-corrected chi connectivity index (χ0v) is 14.8. The molecule has 7 heteroatoms. The molecule has 0 aliphatic heterocycles. The Labute approximate surface area is 145 Å². The monoisotopic (exact) mass is 409 g/mol.